The Hall–Kier alpha value is -2.68. The van der Waals surface area contributed by atoms with Crippen LogP contribution in [0.1, 0.15) is 25.0 Å². The van der Waals surface area contributed by atoms with Crippen LogP contribution in [0.4, 0.5) is 0 Å². The van der Waals surface area contributed by atoms with E-state index in [-0.39, 0.29) is 22.8 Å². The van der Waals surface area contributed by atoms with Gasteiger partial charge in [0.15, 0.2) is 5.16 Å². The number of amides is 1. The molecular formula is C26H32N4O3S. The van der Waals surface area contributed by atoms with E-state index in [9.17, 15) is 9.59 Å². The minimum absolute atomic E-state index is 0.0817. The normalized spacial score (nSPS) is 14.9. The Morgan fingerprint density at radius 2 is 1.76 bits per heavy atom. The number of aryl methyl sites for hydroxylation is 2. The van der Waals surface area contributed by atoms with Crippen molar-refractivity contribution in [1.29, 1.82) is 0 Å². The van der Waals surface area contributed by atoms with Crippen LogP contribution in [0.3, 0.4) is 0 Å². The monoisotopic (exact) mass is 480 g/mol. The van der Waals surface area contributed by atoms with Crippen LogP contribution >= 0.6 is 11.8 Å². The Kier molecular flexibility index (Phi) is 7.40. The van der Waals surface area contributed by atoms with Gasteiger partial charge in [-0.15, -0.1) is 0 Å². The largest absolute Gasteiger partial charge is 0.379 e. The van der Waals surface area contributed by atoms with Gasteiger partial charge in [-0.25, -0.2) is 4.98 Å². The summed E-state index contributed by atoms with van der Waals surface area (Å²) in [5.74, 6) is 0.0938. The lowest BCUT2D eigenvalue weighted by molar-refractivity contribution is -0.119. The average Bonchev–Trinajstić information content (AvgIpc) is 2.83. The summed E-state index contributed by atoms with van der Waals surface area (Å²) < 4.78 is 7.10. The molecule has 2 heterocycles. The first kappa shape index (κ1) is 24.4. The molecule has 0 atom stereocenters. The van der Waals surface area contributed by atoms with Gasteiger partial charge in [0, 0.05) is 25.2 Å². The van der Waals surface area contributed by atoms with Crippen LogP contribution in [0.5, 0.6) is 0 Å². The van der Waals surface area contributed by atoms with Crippen molar-refractivity contribution in [3.8, 4) is 5.69 Å². The molecule has 0 unspecified atom stereocenters. The Balaban J connectivity index is 1.57. The molecule has 8 heteroatoms. The maximum absolute atomic E-state index is 13.5. The zero-order valence-corrected chi connectivity index (χ0v) is 21.1. The maximum Gasteiger partial charge on any atom is 0.266 e. The fraction of sp³-hybridized carbons (Fsp3) is 0.423. The standard InChI is InChI=1S/C26H32N4O3S/c1-18-8-7-9-19(2)23(18)30-24(32)20-10-5-6-11-21(20)28-25(30)34-16-22(31)27-17-26(3,4)29-12-14-33-15-13-29/h5-11H,12-17H2,1-4H3,(H,27,31). The topological polar surface area (TPSA) is 76.5 Å². The number of para-hydroxylation sites is 2. The number of rotatable bonds is 7. The number of ether oxygens (including phenoxy) is 1. The van der Waals surface area contributed by atoms with E-state index < -0.39 is 0 Å². The zero-order chi connectivity index (χ0) is 24.3. The Labute approximate surface area is 204 Å². The van der Waals surface area contributed by atoms with Gasteiger partial charge in [0.05, 0.1) is 35.6 Å². The highest BCUT2D eigenvalue weighted by Crippen LogP contribution is 2.25. The first-order valence-electron chi connectivity index (χ1n) is 11.6. The summed E-state index contributed by atoms with van der Waals surface area (Å²) in [4.78, 5) is 33.4. The molecular weight excluding hydrogens is 448 g/mol. The van der Waals surface area contributed by atoms with Crippen LogP contribution in [0.15, 0.2) is 52.4 Å². The lowest BCUT2D eigenvalue weighted by Gasteiger charge is -2.40. The first-order valence-corrected chi connectivity index (χ1v) is 12.6. The molecule has 0 bridgehead atoms. The van der Waals surface area contributed by atoms with Crippen molar-refractivity contribution < 1.29 is 9.53 Å². The number of morpholine rings is 1. The minimum atomic E-state index is -0.161. The lowest BCUT2D eigenvalue weighted by atomic mass is 10.0. The average molecular weight is 481 g/mol. The third-order valence-corrected chi connectivity index (χ3v) is 7.26. The summed E-state index contributed by atoms with van der Waals surface area (Å²) in [7, 11) is 0. The van der Waals surface area contributed by atoms with E-state index in [1.54, 1.807) is 10.6 Å². The van der Waals surface area contributed by atoms with Gasteiger partial charge in [-0.1, -0.05) is 42.1 Å². The maximum atomic E-state index is 13.5. The molecule has 1 aliphatic heterocycles. The highest BCUT2D eigenvalue weighted by molar-refractivity contribution is 7.99. The Bertz CT molecular complexity index is 1230. The number of nitrogens with one attached hydrogen (secondary N) is 1. The molecule has 0 spiro atoms. The molecule has 0 aliphatic carbocycles. The van der Waals surface area contributed by atoms with E-state index in [2.05, 4.69) is 24.1 Å². The van der Waals surface area contributed by atoms with E-state index in [1.165, 1.54) is 11.8 Å². The predicted octanol–water partition coefficient (Wildman–Crippen LogP) is 3.32. The number of aromatic nitrogens is 2. The van der Waals surface area contributed by atoms with Gasteiger partial charge in [-0.3, -0.25) is 19.1 Å². The molecule has 1 amide bonds. The molecule has 1 fully saturated rings. The number of carbonyl (C=O) groups is 1. The molecule has 1 saturated heterocycles. The van der Waals surface area contributed by atoms with E-state index >= 15 is 0 Å². The van der Waals surface area contributed by atoms with Gasteiger partial charge >= 0.3 is 0 Å². The second-order valence-corrected chi connectivity index (χ2v) is 10.2. The van der Waals surface area contributed by atoms with Crippen LogP contribution < -0.4 is 10.9 Å². The Morgan fingerprint density at radius 3 is 2.47 bits per heavy atom. The highest BCUT2D eigenvalue weighted by atomic mass is 32.2. The van der Waals surface area contributed by atoms with Crippen molar-refractivity contribution in [3.05, 3.63) is 63.9 Å². The summed E-state index contributed by atoms with van der Waals surface area (Å²) in [6, 6.07) is 13.3. The van der Waals surface area contributed by atoms with Gasteiger partial charge in [-0.05, 0) is 51.0 Å². The summed E-state index contributed by atoms with van der Waals surface area (Å²) >= 11 is 1.29. The third-order valence-electron chi connectivity index (χ3n) is 6.33. The first-order chi connectivity index (χ1) is 16.3. The SMILES string of the molecule is Cc1cccc(C)c1-n1c(SCC(=O)NCC(C)(C)N2CCOCC2)nc2ccccc2c1=O. The second-order valence-electron chi connectivity index (χ2n) is 9.27. The Morgan fingerprint density at radius 1 is 1.09 bits per heavy atom. The molecule has 0 saturated carbocycles. The van der Waals surface area contributed by atoms with Crippen molar-refractivity contribution in [2.45, 2.75) is 38.4 Å². The van der Waals surface area contributed by atoms with Crippen molar-refractivity contribution in [2.75, 3.05) is 38.6 Å². The van der Waals surface area contributed by atoms with E-state index in [1.807, 2.05) is 50.2 Å². The third kappa shape index (κ3) is 5.19. The van der Waals surface area contributed by atoms with Gasteiger partial charge in [0.1, 0.15) is 0 Å². The smallest absolute Gasteiger partial charge is 0.266 e. The lowest BCUT2D eigenvalue weighted by Crippen LogP contribution is -2.55. The summed E-state index contributed by atoms with van der Waals surface area (Å²) in [6.45, 7) is 11.9. The van der Waals surface area contributed by atoms with Crippen LogP contribution in [0, 0.1) is 13.8 Å². The zero-order valence-electron chi connectivity index (χ0n) is 20.3. The van der Waals surface area contributed by atoms with Crippen molar-refractivity contribution in [1.82, 2.24) is 19.8 Å². The quantitative estimate of drug-likeness (QED) is 0.413. The summed E-state index contributed by atoms with van der Waals surface area (Å²) in [5.41, 5.74) is 3.13. The molecule has 2 aromatic carbocycles. The molecule has 7 nitrogen and oxygen atoms in total. The molecule has 0 radical (unpaired) electrons. The van der Waals surface area contributed by atoms with Crippen LogP contribution in [0.2, 0.25) is 0 Å². The number of nitrogens with zero attached hydrogens (tertiary/aromatic N) is 3. The van der Waals surface area contributed by atoms with Crippen LogP contribution in [-0.2, 0) is 9.53 Å². The molecule has 34 heavy (non-hydrogen) atoms. The molecule has 1 N–H and O–H groups in total. The molecule has 180 valence electrons. The number of fused-ring (bicyclic) bond motifs is 1. The second kappa shape index (κ2) is 10.3. The summed E-state index contributed by atoms with van der Waals surface area (Å²) in [6.07, 6.45) is 0. The number of carbonyl (C=O) groups excluding carboxylic acids is 1. The van der Waals surface area contributed by atoms with Crippen molar-refractivity contribution in [3.63, 3.8) is 0 Å². The molecule has 1 aromatic heterocycles. The molecule has 1 aliphatic rings. The molecule has 3 aromatic rings. The van der Waals surface area contributed by atoms with E-state index in [0.717, 1.165) is 43.1 Å². The minimum Gasteiger partial charge on any atom is -0.379 e. The van der Waals surface area contributed by atoms with Crippen molar-refractivity contribution in [2.24, 2.45) is 0 Å². The van der Waals surface area contributed by atoms with Crippen LogP contribution in [0.25, 0.3) is 16.6 Å². The van der Waals surface area contributed by atoms with Crippen molar-refractivity contribution >= 4 is 28.6 Å². The van der Waals surface area contributed by atoms with E-state index in [0.29, 0.717) is 22.6 Å². The van der Waals surface area contributed by atoms with Crippen LogP contribution in [-0.4, -0.2) is 64.5 Å². The molecule has 4 rings (SSSR count). The fourth-order valence-electron chi connectivity index (χ4n) is 4.34. The van der Waals surface area contributed by atoms with Gasteiger partial charge < -0.3 is 10.1 Å². The predicted molar refractivity (Wildman–Crippen MR) is 137 cm³/mol. The van der Waals surface area contributed by atoms with E-state index in [4.69, 9.17) is 9.72 Å². The fourth-order valence-corrected chi connectivity index (χ4v) is 5.17. The van der Waals surface area contributed by atoms with Gasteiger partial charge in [-0.2, -0.15) is 0 Å². The summed E-state index contributed by atoms with van der Waals surface area (Å²) in [5, 5.41) is 4.15. The highest BCUT2D eigenvalue weighted by Gasteiger charge is 2.28. The number of hydrogen-bond acceptors (Lipinski definition) is 6. The van der Waals surface area contributed by atoms with Gasteiger partial charge in [0.2, 0.25) is 5.91 Å². The number of benzene rings is 2. The number of thioether (sulfide) groups is 1. The number of hydrogen-bond donors (Lipinski definition) is 1. The van der Waals surface area contributed by atoms with Gasteiger partial charge in [0.25, 0.3) is 5.56 Å².